The van der Waals surface area contributed by atoms with Crippen molar-refractivity contribution in [2.45, 2.75) is 39.0 Å². The van der Waals surface area contributed by atoms with E-state index in [2.05, 4.69) is 0 Å². The van der Waals surface area contributed by atoms with Crippen molar-refractivity contribution in [3.63, 3.8) is 0 Å². The minimum Gasteiger partial charge on any atom is -0.477 e. The van der Waals surface area contributed by atoms with Gasteiger partial charge in [-0.25, -0.2) is 4.79 Å². The summed E-state index contributed by atoms with van der Waals surface area (Å²) in [5.74, 6) is -1.33. The maximum absolute atomic E-state index is 10.4. The molecule has 0 rings (SSSR count). The Kier molecular flexibility index (Phi) is 6.22. The molecule has 0 aliphatic heterocycles. The average molecular weight is 206 g/mol. The predicted molar refractivity (Wildman–Crippen MR) is 50.3 cm³/mol. The van der Waals surface area contributed by atoms with E-state index in [4.69, 9.17) is 5.11 Å². The zero-order chi connectivity index (χ0) is 10.3. The van der Waals surface area contributed by atoms with Crippen LogP contribution in [-0.2, 0) is 15.1 Å². The molecule has 0 aromatic carbocycles. The number of hydrogen-bond acceptors (Lipinski definition) is 3. The first-order valence-corrected chi connectivity index (χ1v) is 5.35. The van der Waals surface area contributed by atoms with Crippen LogP contribution in [-0.4, -0.2) is 24.4 Å². The van der Waals surface area contributed by atoms with Crippen LogP contribution in [0, 0.1) is 0 Å². The van der Waals surface area contributed by atoms with Crippen LogP contribution >= 0.6 is 0 Å². The van der Waals surface area contributed by atoms with E-state index in [1.807, 2.05) is 6.92 Å². The van der Waals surface area contributed by atoms with E-state index < -0.39 is 21.1 Å². The summed E-state index contributed by atoms with van der Waals surface area (Å²) in [5, 5.41) is 8.47. The highest BCUT2D eigenvalue weighted by atomic mass is 32.2. The van der Waals surface area contributed by atoms with Gasteiger partial charge in [0, 0.05) is 0 Å². The van der Waals surface area contributed by atoms with E-state index in [-0.39, 0.29) is 6.42 Å². The normalized spacial score (nSPS) is 9.62. The molecule has 5 heteroatoms. The summed E-state index contributed by atoms with van der Waals surface area (Å²) < 4.78 is 20.8. The second-order valence-electron chi connectivity index (χ2n) is 2.77. The Labute approximate surface area is 79.1 Å². The van der Waals surface area contributed by atoms with E-state index >= 15 is 0 Å². The molecule has 0 spiro atoms. The third kappa shape index (κ3) is 5.41. The lowest BCUT2D eigenvalue weighted by Crippen LogP contribution is -2.13. The highest BCUT2D eigenvalue weighted by molar-refractivity contribution is 7.74. The van der Waals surface area contributed by atoms with E-state index in [0.717, 1.165) is 19.3 Å². The van der Waals surface area contributed by atoms with Gasteiger partial charge in [0.25, 0.3) is 0 Å². The van der Waals surface area contributed by atoms with Crippen LogP contribution in [0.4, 0.5) is 0 Å². The lowest BCUT2D eigenvalue weighted by atomic mass is 10.1. The molecule has 0 radical (unpaired) electrons. The second kappa shape index (κ2) is 6.65. The van der Waals surface area contributed by atoms with Crippen molar-refractivity contribution >= 4 is 21.1 Å². The molecule has 0 aliphatic carbocycles. The Morgan fingerprint density at radius 1 is 1.23 bits per heavy atom. The molecule has 0 bridgehead atoms. The smallest absolute Gasteiger partial charge is 0.347 e. The molecule has 0 amide bonds. The zero-order valence-corrected chi connectivity index (χ0v) is 8.43. The third-order valence-corrected chi connectivity index (χ3v) is 2.48. The lowest BCUT2D eigenvalue weighted by Gasteiger charge is -1.96. The molecule has 76 valence electrons. The van der Waals surface area contributed by atoms with Crippen LogP contribution in [0.2, 0.25) is 0 Å². The van der Waals surface area contributed by atoms with Crippen molar-refractivity contribution in [3.8, 4) is 0 Å². The SMILES string of the molecule is CCCCCCC(C(=O)O)=S(=O)=O. The van der Waals surface area contributed by atoms with Crippen LogP contribution in [0.15, 0.2) is 0 Å². The molecule has 0 heterocycles. The monoisotopic (exact) mass is 206 g/mol. The summed E-state index contributed by atoms with van der Waals surface area (Å²) in [7, 11) is -2.57. The first kappa shape index (κ1) is 12.2. The van der Waals surface area contributed by atoms with Gasteiger partial charge in [-0.2, -0.15) is 8.42 Å². The number of unbranched alkanes of at least 4 members (excludes halogenated alkanes) is 3. The van der Waals surface area contributed by atoms with E-state index in [0.29, 0.717) is 6.42 Å². The van der Waals surface area contributed by atoms with Crippen molar-refractivity contribution in [1.29, 1.82) is 0 Å². The summed E-state index contributed by atoms with van der Waals surface area (Å²) in [5.41, 5.74) is 0. The average Bonchev–Trinajstić information content (AvgIpc) is 2.02. The largest absolute Gasteiger partial charge is 0.477 e. The molecule has 13 heavy (non-hydrogen) atoms. The fourth-order valence-electron chi connectivity index (χ4n) is 0.974. The van der Waals surface area contributed by atoms with Crippen LogP contribution in [0.3, 0.4) is 0 Å². The highest BCUT2D eigenvalue weighted by Gasteiger charge is 2.10. The molecule has 1 N–H and O–H groups in total. The highest BCUT2D eigenvalue weighted by Crippen LogP contribution is 2.03. The number of hydrogen-bond donors (Lipinski definition) is 1. The summed E-state index contributed by atoms with van der Waals surface area (Å²) in [6.07, 6.45) is 3.71. The van der Waals surface area contributed by atoms with Gasteiger partial charge in [-0.15, -0.1) is 0 Å². The summed E-state index contributed by atoms with van der Waals surface area (Å²) in [6.45, 7) is 2.04. The standard InChI is InChI=1S/C8H14O4S/c1-2-3-4-5-6-7(8(9)10)13(11)12/h2-6H2,1H3,(H,9,10). The fourth-order valence-corrected chi connectivity index (χ4v) is 1.43. The molecule has 4 nitrogen and oxygen atoms in total. The zero-order valence-electron chi connectivity index (χ0n) is 7.62. The van der Waals surface area contributed by atoms with Crippen molar-refractivity contribution in [3.05, 3.63) is 0 Å². The Hall–Kier alpha value is -0.840. The first-order valence-electron chi connectivity index (χ1n) is 4.28. The molecular weight excluding hydrogens is 192 g/mol. The van der Waals surface area contributed by atoms with Gasteiger partial charge in [0.2, 0.25) is 10.3 Å². The van der Waals surface area contributed by atoms with Gasteiger partial charge < -0.3 is 5.11 Å². The van der Waals surface area contributed by atoms with Crippen molar-refractivity contribution in [1.82, 2.24) is 0 Å². The molecule has 0 fully saturated rings. The summed E-state index contributed by atoms with van der Waals surface area (Å²) in [4.78, 5) is 9.97. The molecule has 0 atom stereocenters. The quantitative estimate of drug-likeness (QED) is 0.521. The van der Waals surface area contributed by atoms with Gasteiger partial charge in [-0.3, -0.25) is 0 Å². The molecular formula is C8H14O4S. The minimum absolute atomic E-state index is 0.144. The van der Waals surface area contributed by atoms with Crippen LogP contribution < -0.4 is 0 Å². The van der Waals surface area contributed by atoms with Crippen molar-refractivity contribution in [2.24, 2.45) is 0 Å². The van der Waals surface area contributed by atoms with Gasteiger partial charge in [-0.1, -0.05) is 26.2 Å². The summed E-state index contributed by atoms with van der Waals surface area (Å²) in [6, 6.07) is 0. The Morgan fingerprint density at radius 2 is 1.85 bits per heavy atom. The molecule has 0 aliphatic rings. The molecule has 0 saturated heterocycles. The number of carboxylic acids is 1. The number of aliphatic carboxylic acids is 1. The number of rotatable bonds is 6. The maximum Gasteiger partial charge on any atom is 0.347 e. The van der Waals surface area contributed by atoms with Crippen LogP contribution in [0.25, 0.3) is 0 Å². The topological polar surface area (TPSA) is 71.4 Å². The first-order chi connectivity index (χ1) is 6.09. The predicted octanol–water partition coefficient (Wildman–Crippen LogP) is 1.09. The van der Waals surface area contributed by atoms with Gasteiger partial charge in [-0.05, 0) is 12.8 Å². The number of carbonyl (C=O) groups is 1. The Bertz CT molecular complexity index is 281. The lowest BCUT2D eigenvalue weighted by molar-refractivity contribution is -0.129. The van der Waals surface area contributed by atoms with Crippen molar-refractivity contribution in [2.75, 3.05) is 0 Å². The van der Waals surface area contributed by atoms with Gasteiger partial charge in [0.1, 0.15) is 0 Å². The molecule has 0 saturated carbocycles. The minimum atomic E-state index is -2.57. The molecule has 0 unspecified atom stereocenters. The third-order valence-electron chi connectivity index (χ3n) is 1.70. The number of carboxylic acid groups (broad SMARTS) is 1. The molecule has 0 aromatic heterocycles. The van der Waals surface area contributed by atoms with Gasteiger partial charge >= 0.3 is 5.97 Å². The fraction of sp³-hybridized carbons (Fsp3) is 0.750. The Balaban J connectivity index is 4.02. The van der Waals surface area contributed by atoms with E-state index in [9.17, 15) is 13.2 Å². The maximum atomic E-state index is 10.4. The van der Waals surface area contributed by atoms with Gasteiger partial charge in [0.05, 0.1) is 0 Å². The molecule has 0 aromatic rings. The Morgan fingerprint density at radius 3 is 2.23 bits per heavy atom. The van der Waals surface area contributed by atoms with Crippen LogP contribution in [0.1, 0.15) is 39.0 Å². The van der Waals surface area contributed by atoms with Crippen molar-refractivity contribution < 1.29 is 18.3 Å². The van der Waals surface area contributed by atoms with Gasteiger partial charge in [0.15, 0.2) is 4.86 Å². The second-order valence-corrected chi connectivity index (χ2v) is 3.74. The van der Waals surface area contributed by atoms with E-state index in [1.165, 1.54) is 0 Å². The summed E-state index contributed by atoms with van der Waals surface area (Å²) >= 11 is 0. The van der Waals surface area contributed by atoms with Crippen LogP contribution in [0.5, 0.6) is 0 Å². The van der Waals surface area contributed by atoms with E-state index in [1.54, 1.807) is 0 Å².